The van der Waals surface area contributed by atoms with Crippen LogP contribution in [0.2, 0.25) is 0 Å². The second-order valence-electron chi connectivity index (χ2n) is 2.71. The van der Waals surface area contributed by atoms with E-state index in [1.807, 2.05) is 0 Å². The van der Waals surface area contributed by atoms with Gasteiger partial charge in [-0.3, -0.25) is 9.79 Å². The molecule has 0 aliphatic rings. The van der Waals surface area contributed by atoms with Crippen LogP contribution < -0.4 is 22.9 Å². The van der Waals surface area contributed by atoms with Gasteiger partial charge in [0.25, 0.3) is 0 Å². The number of carboxylic acid groups (broad SMARTS) is 1. The van der Waals surface area contributed by atoms with E-state index in [0.717, 1.165) is 0 Å². The van der Waals surface area contributed by atoms with Crippen molar-refractivity contribution in [2.75, 3.05) is 6.54 Å². The number of carbonyl (C=O) groups is 1. The Hall–Kier alpha value is -1.34. The Morgan fingerprint density at radius 2 is 1.92 bits per heavy atom. The SMILES string of the molecule is NC(N)=NCC(N)CC(N)C(=O)O. The summed E-state index contributed by atoms with van der Waals surface area (Å²) in [6.45, 7) is 0.184. The standard InChI is InChI=1S/C6H15N5O2/c7-3(2-11-6(9)10)1-4(8)5(12)13/h3-4H,1-2,7-8H2,(H,12,13)(H4,9,10,11). The molecule has 13 heavy (non-hydrogen) atoms. The summed E-state index contributed by atoms with van der Waals surface area (Å²) in [6, 6.07) is -1.41. The second-order valence-corrected chi connectivity index (χ2v) is 2.71. The van der Waals surface area contributed by atoms with Crippen molar-refractivity contribution in [1.29, 1.82) is 0 Å². The molecule has 0 amide bonds. The fourth-order valence-electron chi connectivity index (χ4n) is 0.724. The third-order valence-corrected chi connectivity index (χ3v) is 1.38. The minimum atomic E-state index is -1.08. The number of hydrogen-bond donors (Lipinski definition) is 5. The zero-order chi connectivity index (χ0) is 10.4. The molecule has 0 fully saturated rings. The van der Waals surface area contributed by atoms with Crippen LogP contribution in [0.25, 0.3) is 0 Å². The van der Waals surface area contributed by atoms with E-state index >= 15 is 0 Å². The molecule has 0 aliphatic carbocycles. The number of aliphatic carboxylic acids is 1. The predicted molar refractivity (Wildman–Crippen MR) is 48.9 cm³/mol. The van der Waals surface area contributed by atoms with E-state index in [2.05, 4.69) is 4.99 Å². The van der Waals surface area contributed by atoms with Gasteiger partial charge in [0.15, 0.2) is 5.96 Å². The van der Waals surface area contributed by atoms with E-state index in [-0.39, 0.29) is 18.9 Å². The smallest absolute Gasteiger partial charge is 0.320 e. The van der Waals surface area contributed by atoms with Gasteiger partial charge < -0.3 is 28.0 Å². The minimum Gasteiger partial charge on any atom is -0.480 e. The molecule has 2 unspecified atom stereocenters. The van der Waals surface area contributed by atoms with Crippen molar-refractivity contribution in [2.24, 2.45) is 27.9 Å². The van der Waals surface area contributed by atoms with Gasteiger partial charge in [-0.2, -0.15) is 0 Å². The van der Waals surface area contributed by atoms with Crippen molar-refractivity contribution < 1.29 is 9.90 Å². The molecular weight excluding hydrogens is 174 g/mol. The van der Waals surface area contributed by atoms with Gasteiger partial charge in [-0.15, -0.1) is 0 Å². The number of rotatable bonds is 5. The molecule has 76 valence electrons. The van der Waals surface area contributed by atoms with Gasteiger partial charge >= 0.3 is 5.97 Å². The summed E-state index contributed by atoms with van der Waals surface area (Å²) in [5.41, 5.74) is 20.8. The van der Waals surface area contributed by atoms with E-state index in [4.69, 9.17) is 28.0 Å². The quantitative estimate of drug-likeness (QED) is 0.236. The summed E-state index contributed by atoms with van der Waals surface area (Å²) in [6.07, 6.45) is 0.145. The van der Waals surface area contributed by atoms with Gasteiger partial charge in [-0.25, -0.2) is 0 Å². The first-order chi connectivity index (χ1) is 5.93. The summed E-state index contributed by atoms with van der Waals surface area (Å²) in [5, 5.41) is 8.44. The molecule has 7 nitrogen and oxygen atoms in total. The highest BCUT2D eigenvalue weighted by molar-refractivity contribution is 5.75. The third kappa shape index (κ3) is 5.88. The second kappa shape index (κ2) is 5.33. The Bertz CT molecular complexity index is 201. The van der Waals surface area contributed by atoms with Crippen LogP contribution in [0.1, 0.15) is 6.42 Å². The lowest BCUT2D eigenvalue weighted by Gasteiger charge is -2.11. The van der Waals surface area contributed by atoms with Crippen LogP contribution in [-0.4, -0.2) is 35.7 Å². The normalized spacial score (nSPS) is 14.6. The molecule has 0 saturated heterocycles. The summed E-state index contributed by atoms with van der Waals surface area (Å²) < 4.78 is 0. The zero-order valence-corrected chi connectivity index (χ0v) is 7.18. The van der Waals surface area contributed by atoms with E-state index in [1.165, 1.54) is 0 Å². The van der Waals surface area contributed by atoms with Crippen LogP contribution in [0.15, 0.2) is 4.99 Å². The summed E-state index contributed by atoms with van der Waals surface area (Å²) >= 11 is 0. The van der Waals surface area contributed by atoms with E-state index in [0.29, 0.717) is 0 Å². The molecule has 2 atom stereocenters. The van der Waals surface area contributed by atoms with Gasteiger partial charge in [0.1, 0.15) is 6.04 Å². The molecule has 0 bridgehead atoms. The highest BCUT2D eigenvalue weighted by Gasteiger charge is 2.15. The van der Waals surface area contributed by atoms with Gasteiger partial charge in [-0.1, -0.05) is 0 Å². The Labute approximate surface area is 75.8 Å². The number of guanidine groups is 1. The van der Waals surface area contributed by atoms with Gasteiger partial charge in [-0.05, 0) is 6.42 Å². The molecule has 0 aromatic heterocycles. The van der Waals surface area contributed by atoms with Crippen LogP contribution in [-0.2, 0) is 4.79 Å². The van der Waals surface area contributed by atoms with Gasteiger partial charge in [0.05, 0.1) is 6.54 Å². The number of nitrogens with zero attached hydrogens (tertiary/aromatic N) is 1. The predicted octanol–water partition coefficient (Wildman–Crippen LogP) is -2.61. The molecule has 0 spiro atoms. The first kappa shape index (κ1) is 11.7. The number of hydrogen-bond acceptors (Lipinski definition) is 4. The average molecular weight is 189 g/mol. The van der Waals surface area contributed by atoms with Crippen molar-refractivity contribution >= 4 is 11.9 Å². The lowest BCUT2D eigenvalue weighted by Crippen LogP contribution is -2.39. The lowest BCUT2D eigenvalue weighted by molar-refractivity contribution is -0.138. The van der Waals surface area contributed by atoms with Crippen LogP contribution in [0.5, 0.6) is 0 Å². The van der Waals surface area contributed by atoms with Crippen LogP contribution in [0.4, 0.5) is 0 Å². The van der Waals surface area contributed by atoms with Crippen LogP contribution in [0, 0.1) is 0 Å². The molecule has 0 aromatic rings. The average Bonchev–Trinajstić information content (AvgIpc) is 2.00. The fourth-order valence-corrected chi connectivity index (χ4v) is 0.724. The first-order valence-electron chi connectivity index (χ1n) is 3.73. The van der Waals surface area contributed by atoms with Gasteiger partial charge in [0, 0.05) is 6.04 Å². The van der Waals surface area contributed by atoms with Crippen LogP contribution >= 0.6 is 0 Å². The molecular formula is C6H15N5O2. The summed E-state index contributed by atoms with van der Waals surface area (Å²) in [5.74, 6) is -1.15. The largest absolute Gasteiger partial charge is 0.480 e. The zero-order valence-electron chi connectivity index (χ0n) is 7.18. The Morgan fingerprint density at radius 1 is 1.38 bits per heavy atom. The molecule has 0 radical (unpaired) electrons. The highest BCUT2D eigenvalue weighted by atomic mass is 16.4. The van der Waals surface area contributed by atoms with Crippen LogP contribution in [0.3, 0.4) is 0 Å². The number of carboxylic acids is 1. The monoisotopic (exact) mass is 189 g/mol. The van der Waals surface area contributed by atoms with E-state index < -0.39 is 18.1 Å². The summed E-state index contributed by atoms with van der Waals surface area (Å²) in [7, 11) is 0. The van der Waals surface area contributed by atoms with Crippen molar-refractivity contribution in [2.45, 2.75) is 18.5 Å². The number of nitrogens with two attached hydrogens (primary N) is 4. The van der Waals surface area contributed by atoms with Gasteiger partial charge in [0.2, 0.25) is 0 Å². The molecule has 0 aromatic carbocycles. The van der Waals surface area contributed by atoms with E-state index in [1.54, 1.807) is 0 Å². The van der Waals surface area contributed by atoms with Crippen molar-refractivity contribution in [3.8, 4) is 0 Å². The third-order valence-electron chi connectivity index (χ3n) is 1.38. The minimum absolute atomic E-state index is 0.0700. The molecule has 0 rings (SSSR count). The van der Waals surface area contributed by atoms with Crippen molar-refractivity contribution in [1.82, 2.24) is 0 Å². The highest BCUT2D eigenvalue weighted by Crippen LogP contribution is 1.94. The first-order valence-corrected chi connectivity index (χ1v) is 3.73. The fraction of sp³-hybridized carbons (Fsp3) is 0.667. The molecule has 0 heterocycles. The lowest BCUT2D eigenvalue weighted by atomic mass is 10.1. The molecule has 0 saturated carbocycles. The maximum Gasteiger partial charge on any atom is 0.320 e. The van der Waals surface area contributed by atoms with Crippen molar-refractivity contribution in [3.63, 3.8) is 0 Å². The Morgan fingerprint density at radius 3 is 2.31 bits per heavy atom. The van der Waals surface area contributed by atoms with Crippen molar-refractivity contribution in [3.05, 3.63) is 0 Å². The maximum atomic E-state index is 10.3. The molecule has 9 N–H and O–H groups in total. The molecule has 0 aliphatic heterocycles. The Balaban J connectivity index is 3.80. The summed E-state index contributed by atoms with van der Waals surface area (Å²) in [4.78, 5) is 13.9. The van der Waals surface area contributed by atoms with E-state index in [9.17, 15) is 4.79 Å². The maximum absolute atomic E-state index is 10.3. The Kier molecular flexibility index (Phi) is 4.78. The molecule has 7 heteroatoms. The number of aliphatic imine (C=N–C) groups is 1. The topological polar surface area (TPSA) is 154 Å².